The predicted octanol–water partition coefficient (Wildman–Crippen LogP) is 2.15. The molecule has 2 aromatic heterocycles. The van der Waals surface area contributed by atoms with Crippen LogP contribution in [0.25, 0.3) is 11.0 Å². The largest absolute Gasteiger partial charge is 0.342 e. The number of H-pyrrole nitrogens is 1. The molecular formula is C17H19N5O. The molecule has 118 valence electrons. The van der Waals surface area contributed by atoms with Gasteiger partial charge in [-0.25, -0.2) is 4.98 Å². The third kappa shape index (κ3) is 2.13. The number of hydrogen-bond acceptors (Lipinski definition) is 3. The number of aromatic amines is 1. The van der Waals surface area contributed by atoms with E-state index in [1.54, 1.807) is 4.68 Å². The van der Waals surface area contributed by atoms with Crippen molar-refractivity contribution in [2.24, 2.45) is 7.05 Å². The van der Waals surface area contributed by atoms with Gasteiger partial charge in [0.25, 0.3) is 5.91 Å². The van der Waals surface area contributed by atoms with E-state index in [1.807, 2.05) is 50.1 Å². The number of benzene rings is 1. The molecule has 0 spiro atoms. The number of amides is 1. The third-order valence-corrected chi connectivity index (χ3v) is 4.69. The molecule has 0 unspecified atom stereocenters. The summed E-state index contributed by atoms with van der Waals surface area (Å²) >= 11 is 0. The van der Waals surface area contributed by atoms with Crippen molar-refractivity contribution in [1.29, 1.82) is 0 Å². The zero-order chi connectivity index (χ0) is 16.1. The molecule has 1 fully saturated rings. The molecule has 1 aromatic carbocycles. The molecule has 1 aliphatic heterocycles. The molecule has 0 atom stereocenters. The summed E-state index contributed by atoms with van der Waals surface area (Å²) in [4.78, 5) is 22.5. The fourth-order valence-corrected chi connectivity index (χ4v) is 3.22. The van der Waals surface area contributed by atoms with Gasteiger partial charge in [-0.2, -0.15) is 5.10 Å². The van der Waals surface area contributed by atoms with Crippen molar-refractivity contribution in [3.63, 3.8) is 0 Å². The zero-order valence-electron chi connectivity index (χ0n) is 13.5. The Morgan fingerprint density at radius 1 is 1.26 bits per heavy atom. The zero-order valence-corrected chi connectivity index (χ0v) is 13.5. The Morgan fingerprint density at radius 3 is 2.65 bits per heavy atom. The number of nitrogens with zero attached hydrogens (tertiary/aromatic N) is 4. The lowest BCUT2D eigenvalue weighted by molar-refractivity contribution is 0.0594. The van der Waals surface area contributed by atoms with E-state index >= 15 is 0 Å². The Hall–Kier alpha value is -2.63. The summed E-state index contributed by atoms with van der Waals surface area (Å²) in [5.74, 6) is 1.32. The van der Waals surface area contributed by atoms with Gasteiger partial charge in [0.1, 0.15) is 5.82 Å². The van der Waals surface area contributed by atoms with Gasteiger partial charge in [0.05, 0.1) is 28.2 Å². The average Bonchev–Trinajstić information content (AvgIpc) is 2.98. The molecule has 1 aliphatic rings. The maximum atomic E-state index is 12.7. The molecule has 23 heavy (non-hydrogen) atoms. The summed E-state index contributed by atoms with van der Waals surface area (Å²) < 4.78 is 1.76. The van der Waals surface area contributed by atoms with Crippen molar-refractivity contribution < 1.29 is 4.79 Å². The number of para-hydroxylation sites is 2. The highest BCUT2D eigenvalue weighted by Crippen LogP contribution is 2.29. The van der Waals surface area contributed by atoms with E-state index in [-0.39, 0.29) is 11.8 Å². The molecule has 0 aliphatic carbocycles. The van der Waals surface area contributed by atoms with Crippen LogP contribution in [-0.2, 0) is 7.05 Å². The van der Waals surface area contributed by atoms with Gasteiger partial charge in [0.2, 0.25) is 0 Å². The first-order chi connectivity index (χ1) is 11.0. The number of rotatable bonds is 2. The predicted molar refractivity (Wildman–Crippen MR) is 87.4 cm³/mol. The number of imidazole rings is 1. The molecule has 4 rings (SSSR count). The van der Waals surface area contributed by atoms with Crippen LogP contribution in [0.1, 0.15) is 33.5 Å². The van der Waals surface area contributed by atoms with E-state index in [2.05, 4.69) is 15.1 Å². The Bertz CT molecular complexity index is 868. The molecule has 0 saturated carbocycles. The van der Waals surface area contributed by atoms with Crippen LogP contribution in [0.5, 0.6) is 0 Å². The number of carbonyl (C=O) groups is 1. The number of fused-ring (bicyclic) bond motifs is 1. The topological polar surface area (TPSA) is 66.8 Å². The highest BCUT2D eigenvalue weighted by atomic mass is 16.2. The first-order valence-corrected chi connectivity index (χ1v) is 7.78. The van der Waals surface area contributed by atoms with Crippen LogP contribution in [0.15, 0.2) is 24.3 Å². The quantitative estimate of drug-likeness (QED) is 0.789. The molecule has 6 heteroatoms. The molecule has 0 bridgehead atoms. The van der Waals surface area contributed by atoms with Crippen LogP contribution < -0.4 is 0 Å². The van der Waals surface area contributed by atoms with Crippen molar-refractivity contribution in [2.75, 3.05) is 13.1 Å². The van der Waals surface area contributed by atoms with Crippen LogP contribution in [-0.4, -0.2) is 43.6 Å². The molecular weight excluding hydrogens is 290 g/mol. The third-order valence-electron chi connectivity index (χ3n) is 4.69. The fraction of sp³-hybridized carbons (Fsp3) is 0.353. The second-order valence-corrected chi connectivity index (χ2v) is 6.22. The van der Waals surface area contributed by atoms with Crippen LogP contribution in [0.2, 0.25) is 0 Å². The summed E-state index contributed by atoms with van der Waals surface area (Å²) in [6.07, 6.45) is 0. The van der Waals surface area contributed by atoms with E-state index in [1.165, 1.54) is 0 Å². The van der Waals surface area contributed by atoms with Crippen molar-refractivity contribution in [3.8, 4) is 0 Å². The normalized spacial score (nSPS) is 15.2. The first-order valence-electron chi connectivity index (χ1n) is 7.78. The van der Waals surface area contributed by atoms with Crippen LogP contribution >= 0.6 is 0 Å². The summed E-state index contributed by atoms with van der Waals surface area (Å²) in [7, 11) is 1.87. The van der Waals surface area contributed by atoms with Gasteiger partial charge >= 0.3 is 0 Å². The smallest absolute Gasteiger partial charge is 0.257 e. The highest BCUT2D eigenvalue weighted by molar-refractivity contribution is 5.97. The minimum absolute atomic E-state index is 0.0699. The lowest BCUT2D eigenvalue weighted by Gasteiger charge is -2.38. The number of carbonyl (C=O) groups excluding carboxylic acids is 1. The number of aromatic nitrogens is 4. The fourth-order valence-electron chi connectivity index (χ4n) is 3.22. The van der Waals surface area contributed by atoms with Crippen molar-refractivity contribution >= 4 is 16.9 Å². The number of aryl methyl sites for hydroxylation is 2. The van der Waals surface area contributed by atoms with Crippen molar-refractivity contribution in [3.05, 3.63) is 47.0 Å². The lowest BCUT2D eigenvalue weighted by atomic mass is 9.97. The molecule has 1 saturated heterocycles. The highest BCUT2D eigenvalue weighted by Gasteiger charge is 2.36. The molecule has 3 heterocycles. The monoisotopic (exact) mass is 309 g/mol. The van der Waals surface area contributed by atoms with E-state index in [9.17, 15) is 4.79 Å². The minimum atomic E-state index is 0.0699. The maximum absolute atomic E-state index is 12.7. The number of likely N-dealkylation sites (tertiary alicyclic amines) is 1. The minimum Gasteiger partial charge on any atom is -0.342 e. The van der Waals surface area contributed by atoms with Gasteiger partial charge in [0, 0.05) is 25.8 Å². The summed E-state index contributed by atoms with van der Waals surface area (Å²) in [6.45, 7) is 5.22. The molecule has 3 aromatic rings. The van der Waals surface area contributed by atoms with Crippen LogP contribution in [0.4, 0.5) is 0 Å². The molecule has 1 N–H and O–H groups in total. The van der Waals surface area contributed by atoms with E-state index < -0.39 is 0 Å². The molecule has 6 nitrogen and oxygen atoms in total. The van der Waals surface area contributed by atoms with Crippen LogP contribution in [0.3, 0.4) is 0 Å². The summed E-state index contributed by atoms with van der Waals surface area (Å²) in [5, 5.41) is 4.33. The summed E-state index contributed by atoms with van der Waals surface area (Å²) in [5.41, 5.74) is 4.47. The van der Waals surface area contributed by atoms with Gasteiger partial charge in [-0.15, -0.1) is 0 Å². The maximum Gasteiger partial charge on any atom is 0.257 e. The second-order valence-electron chi connectivity index (χ2n) is 6.22. The average molecular weight is 309 g/mol. The van der Waals surface area contributed by atoms with Gasteiger partial charge < -0.3 is 9.88 Å². The second kappa shape index (κ2) is 4.94. The van der Waals surface area contributed by atoms with Crippen molar-refractivity contribution in [2.45, 2.75) is 19.8 Å². The Labute approximate surface area is 134 Å². The van der Waals surface area contributed by atoms with Crippen LogP contribution in [0, 0.1) is 13.8 Å². The Kier molecular flexibility index (Phi) is 3.01. The standard InChI is InChI=1S/C17H19N5O/c1-10-15(11(2)21(3)20-10)17(23)22-8-12(9-22)16-18-13-6-4-5-7-14(13)19-16/h4-7,12H,8-9H2,1-3H3,(H,18,19). The van der Waals surface area contributed by atoms with Gasteiger partial charge in [0.15, 0.2) is 0 Å². The van der Waals surface area contributed by atoms with Gasteiger partial charge in [-0.1, -0.05) is 12.1 Å². The molecule has 1 amide bonds. The number of nitrogens with one attached hydrogen (secondary N) is 1. The van der Waals surface area contributed by atoms with E-state index in [0.717, 1.165) is 33.8 Å². The first kappa shape index (κ1) is 14.0. The van der Waals surface area contributed by atoms with E-state index in [0.29, 0.717) is 13.1 Å². The Morgan fingerprint density at radius 2 is 2.00 bits per heavy atom. The van der Waals surface area contributed by atoms with Crippen molar-refractivity contribution in [1.82, 2.24) is 24.6 Å². The molecule has 0 radical (unpaired) electrons. The van der Waals surface area contributed by atoms with Gasteiger partial charge in [-0.3, -0.25) is 9.48 Å². The number of hydrogen-bond donors (Lipinski definition) is 1. The lowest BCUT2D eigenvalue weighted by Crippen LogP contribution is -2.49. The Balaban J connectivity index is 1.51. The summed E-state index contributed by atoms with van der Waals surface area (Å²) in [6, 6.07) is 8.00. The van der Waals surface area contributed by atoms with Gasteiger partial charge in [-0.05, 0) is 26.0 Å². The van der Waals surface area contributed by atoms with E-state index in [4.69, 9.17) is 0 Å². The SMILES string of the molecule is Cc1nn(C)c(C)c1C(=O)N1CC(c2nc3ccccc3[nH]2)C1.